The van der Waals surface area contributed by atoms with Crippen LogP contribution in [0.2, 0.25) is 0 Å². The van der Waals surface area contributed by atoms with Crippen molar-refractivity contribution in [3.8, 4) is 5.75 Å². The molecule has 2 amide bonds. The van der Waals surface area contributed by atoms with Gasteiger partial charge in [-0.3, -0.25) is 9.59 Å². The molecule has 0 unspecified atom stereocenters. The topological polar surface area (TPSA) is 49.9 Å². The van der Waals surface area contributed by atoms with Gasteiger partial charge in [-0.15, -0.1) is 0 Å². The van der Waals surface area contributed by atoms with E-state index in [1.807, 2.05) is 35.2 Å². The zero-order chi connectivity index (χ0) is 24.9. The molecular formula is C27H31F3N2O3. The fraction of sp³-hybridized carbons (Fsp3) is 0.481. The molecule has 0 N–H and O–H groups in total. The van der Waals surface area contributed by atoms with Crippen LogP contribution in [0.25, 0.3) is 0 Å². The van der Waals surface area contributed by atoms with Gasteiger partial charge in [-0.2, -0.15) is 13.2 Å². The summed E-state index contributed by atoms with van der Waals surface area (Å²) in [4.78, 5) is 30.0. The molecule has 0 radical (unpaired) electrons. The van der Waals surface area contributed by atoms with Gasteiger partial charge in [0, 0.05) is 43.6 Å². The number of piperidine rings is 2. The van der Waals surface area contributed by atoms with E-state index in [1.165, 1.54) is 12.1 Å². The number of carbonyl (C=O) groups is 2. The number of hydrogen-bond acceptors (Lipinski definition) is 3. The first-order valence-corrected chi connectivity index (χ1v) is 12.2. The van der Waals surface area contributed by atoms with E-state index in [0.717, 1.165) is 50.9 Å². The number of hydrogen-bond donors (Lipinski definition) is 0. The van der Waals surface area contributed by atoms with Crippen LogP contribution in [0.1, 0.15) is 54.4 Å². The van der Waals surface area contributed by atoms with Crippen molar-refractivity contribution in [2.24, 2.45) is 5.41 Å². The summed E-state index contributed by atoms with van der Waals surface area (Å²) in [5.41, 5.74) is -1.14. The number of carbonyl (C=O) groups excluding carboxylic acids is 2. The van der Waals surface area contributed by atoms with E-state index in [0.29, 0.717) is 25.3 Å². The molecule has 4 rings (SSSR count). The Morgan fingerprint density at radius 3 is 2.17 bits per heavy atom. The zero-order valence-electron chi connectivity index (χ0n) is 19.7. The highest BCUT2D eigenvalue weighted by atomic mass is 19.4. The van der Waals surface area contributed by atoms with Crippen LogP contribution in [0.4, 0.5) is 13.2 Å². The summed E-state index contributed by atoms with van der Waals surface area (Å²) in [6, 6.07) is 13.7. The molecule has 2 heterocycles. The molecule has 1 atom stereocenters. The van der Waals surface area contributed by atoms with Crippen molar-refractivity contribution >= 4 is 11.8 Å². The van der Waals surface area contributed by atoms with Crippen molar-refractivity contribution < 1.29 is 27.5 Å². The summed E-state index contributed by atoms with van der Waals surface area (Å²) in [7, 11) is 0. The number of likely N-dealkylation sites (tertiary alicyclic amines) is 2. The van der Waals surface area contributed by atoms with E-state index >= 15 is 0 Å². The summed E-state index contributed by atoms with van der Waals surface area (Å²) in [5, 5.41) is 0. The van der Waals surface area contributed by atoms with Gasteiger partial charge in [0.25, 0.3) is 5.91 Å². The number of alkyl halides is 3. The van der Waals surface area contributed by atoms with Crippen LogP contribution in [-0.2, 0) is 11.0 Å². The molecular weight excluding hydrogens is 457 g/mol. The number of rotatable bonds is 6. The Kier molecular flexibility index (Phi) is 7.67. The third-order valence-electron chi connectivity index (χ3n) is 6.93. The minimum atomic E-state index is -4.45. The SMILES string of the molecule is O=C(C[C@]1(COc2ccccc2)CCCN(C(=O)c2ccc(C(F)(F)F)cc2)C1)N1CCCCC1. The van der Waals surface area contributed by atoms with Gasteiger partial charge in [0.15, 0.2) is 0 Å². The van der Waals surface area contributed by atoms with Crippen molar-refractivity contribution in [3.63, 3.8) is 0 Å². The maximum Gasteiger partial charge on any atom is 0.416 e. The summed E-state index contributed by atoms with van der Waals surface area (Å²) in [5.74, 6) is 0.446. The van der Waals surface area contributed by atoms with Crippen molar-refractivity contribution in [2.75, 3.05) is 32.8 Å². The number of halogens is 3. The standard InChI is InChI=1S/C27H31F3N2O3/c28-27(29,30)22-12-10-21(11-13-22)25(34)32-17-7-14-26(19-32,20-35-23-8-3-1-4-9-23)18-24(33)31-15-5-2-6-16-31/h1,3-4,8-13H,2,5-7,14-20H2/t26-/m1/s1. The molecule has 2 aromatic carbocycles. The second-order valence-electron chi connectivity index (χ2n) is 9.63. The molecule has 0 spiro atoms. The number of para-hydroxylation sites is 1. The highest BCUT2D eigenvalue weighted by Crippen LogP contribution is 2.36. The quantitative estimate of drug-likeness (QED) is 0.547. The Morgan fingerprint density at radius 1 is 0.857 bits per heavy atom. The van der Waals surface area contributed by atoms with Crippen LogP contribution in [0, 0.1) is 5.41 Å². The van der Waals surface area contributed by atoms with Gasteiger partial charge < -0.3 is 14.5 Å². The normalized spacial score (nSPS) is 21.0. The number of ether oxygens (including phenoxy) is 1. The van der Waals surface area contributed by atoms with Crippen LogP contribution in [0.5, 0.6) is 5.75 Å². The molecule has 35 heavy (non-hydrogen) atoms. The van der Waals surface area contributed by atoms with Gasteiger partial charge in [0.1, 0.15) is 5.75 Å². The van der Waals surface area contributed by atoms with E-state index in [9.17, 15) is 22.8 Å². The number of amides is 2. The molecule has 0 bridgehead atoms. The Labute approximate surface area is 203 Å². The summed E-state index contributed by atoms with van der Waals surface area (Å²) < 4.78 is 44.9. The lowest BCUT2D eigenvalue weighted by Crippen LogP contribution is -2.51. The molecule has 0 aromatic heterocycles. The van der Waals surface area contributed by atoms with Gasteiger partial charge >= 0.3 is 6.18 Å². The van der Waals surface area contributed by atoms with Crippen LogP contribution in [-0.4, -0.2) is 54.4 Å². The van der Waals surface area contributed by atoms with E-state index in [4.69, 9.17) is 4.74 Å². The lowest BCUT2D eigenvalue weighted by atomic mass is 9.77. The average molecular weight is 489 g/mol. The molecule has 8 heteroatoms. The lowest BCUT2D eigenvalue weighted by molar-refractivity contribution is -0.137. The highest BCUT2D eigenvalue weighted by molar-refractivity contribution is 5.94. The number of benzene rings is 2. The molecule has 188 valence electrons. The van der Waals surface area contributed by atoms with Crippen LogP contribution in [0.3, 0.4) is 0 Å². The zero-order valence-corrected chi connectivity index (χ0v) is 19.7. The van der Waals surface area contributed by atoms with Gasteiger partial charge in [-0.1, -0.05) is 18.2 Å². The van der Waals surface area contributed by atoms with Crippen molar-refractivity contribution in [2.45, 2.75) is 44.7 Å². The second-order valence-corrected chi connectivity index (χ2v) is 9.63. The lowest BCUT2D eigenvalue weighted by Gasteiger charge is -2.43. The van der Waals surface area contributed by atoms with Crippen molar-refractivity contribution in [1.29, 1.82) is 0 Å². The van der Waals surface area contributed by atoms with Gasteiger partial charge in [-0.05, 0) is 68.5 Å². The Balaban J connectivity index is 1.51. The molecule has 0 aliphatic carbocycles. The van der Waals surface area contributed by atoms with Crippen molar-refractivity contribution in [1.82, 2.24) is 9.80 Å². The highest BCUT2D eigenvalue weighted by Gasteiger charge is 2.41. The maximum absolute atomic E-state index is 13.2. The van der Waals surface area contributed by atoms with Crippen LogP contribution in [0.15, 0.2) is 54.6 Å². The summed E-state index contributed by atoms with van der Waals surface area (Å²) >= 11 is 0. The molecule has 2 aliphatic rings. The van der Waals surface area contributed by atoms with E-state index in [1.54, 1.807) is 4.90 Å². The minimum Gasteiger partial charge on any atom is -0.493 e. The third kappa shape index (κ3) is 6.35. The predicted molar refractivity (Wildman–Crippen MR) is 126 cm³/mol. The smallest absolute Gasteiger partial charge is 0.416 e. The van der Waals surface area contributed by atoms with Gasteiger partial charge in [0.05, 0.1) is 12.2 Å². The summed E-state index contributed by atoms with van der Waals surface area (Å²) in [6.45, 7) is 2.60. The largest absolute Gasteiger partial charge is 0.493 e. The molecule has 5 nitrogen and oxygen atoms in total. The first-order valence-electron chi connectivity index (χ1n) is 12.2. The third-order valence-corrected chi connectivity index (χ3v) is 6.93. The summed E-state index contributed by atoms with van der Waals surface area (Å²) in [6.07, 6.45) is 0.368. The van der Waals surface area contributed by atoms with E-state index < -0.39 is 17.2 Å². The van der Waals surface area contributed by atoms with Crippen LogP contribution < -0.4 is 4.74 Å². The first-order chi connectivity index (χ1) is 16.8. The minimum absolute atomic E-state index is 0.0743. The van der Waals surface area contributed by atoms with Gasteiger partial charge in [-0.25, -0.2) is 0 Å². The second kappa shape index (κ2) is 10.7. The molecule has 0 saturated carbocycles. The fourth-order valence-corrected chi connectivity index (χ4v) is 5.01. The molecule has 2 aliphatic heterocycles. The Bertz CT molecular complexity index is 1000. The molecule has 2 fully saturated rings. The maximum atomic E-state index is 13.2. The van der Waals surface area contributed by atoms with Crippen molar-refractivity contribution in [3.05, 3.63) is 65.7 Å². The Morgan fingerprint density at radius 2 is 1.51 bits per heavy atom. The van der Waals surface area contributed by atoms with Gasteiger partial charge in [0.2, 0.25) is 5.91 Å². The fourth-order valence-electron chi connectivity index (χ4n) is 5.01. The Hall–Kier alpha value is -3.03. The average Bonchev–Trinajstić information content (AvgIpc) is 2.88. The number of nitrogens with zero attached hydrogens (tertiary/aromatic N) is 2. The predicted octanol–water partition coefficient (Wildman–Crippen LogP) is 5.41. The monoisotopic (exact) mass is 488 g/mol. The molecule has 2 saturated heterocycles. The van der Waals surface area contributed by atoms with E-state index in [2.05, 4.69) is 0 Å². The van der Waals surface area contributed by atoms with Crippen LogP contribution >= 0.6 is 0 Å². The first kappa shape index (κ1) is 25.1. The van der Waals surface area contributed by atoms with E-state index in [-0.39, 0.29) is 30.4 Å². The molecule has 2 aromatic rings.